The Labute approximate surface area is 180 Å². The number of benzene rings is 2. The van der Waals surface area contributed by atoms with E-state index >= 15 is 0 Å². The van der Waals surface area contributed by atoms with Crippen molar-refractivity contribution < 1.29 is 19.3 Å². The topological polar surface area (TPSA) is 51.2 Å². The van der Waals surface area contributed by atoms with Crippen LogP contribution in [0.15, 0.2) is 36.4 Å². The number of nitrogens with zero attached hydrogens (tertiary/aromatic N) is 1. The molecule has 2 aromatic rings. The fourth-order valence-corrected chi connectivity index (χ4v) is 4.33. The van der Waals surface area contributed by atoms with Gasteiger partial charge in [-0.05, 0) is 92.6 Å². The summed E-state index contributed by atoms with van der Waals surface area (Å²) in [5.41, 5.74) is 3.50. The van der Waals surface area contributed by atoms with Crippen LogP contribution in [0.2, 0.25) is 0 Å². The Morgan fingerprint density at radius 1 is 0.967 bits per heavy atom. The number of rotatable bonds is 10. The second-order valence-electron chi connectivity index (χ2n) is 8.19. The van der Waals surface area contributed by atoms with Gasteiger partial charge < -0.3 is 24.2 Å². The van der Waals surface area contributed by atoms with Gasteiger partial charge in [-0.25, -0.2) is 0 Å². The fraction of sp³-hybridized carbons (Fsp3) is 0.520. The highest BCUT2D eigenvalue weighted by Crippen LogP contribution is 2.41. The molecule has 0 saturated heterocycles. The van der Waals surface area contributed by atoms with E-state index < -0.39 is 6.10 Å². The van der Waals surface area contributed by atoms with Crippen molar-refractivity contribution in [1.82, 2.24) is 4.90 Å². The van der Waals surface area contributed by atoms with E-state index in [0.717, 1.165) is 62.3 Å². The van der Waals surface area contributed by atoms with E-state index in [2.05, 4.69) is 24.1 Å². The summed E-state index contributed by atoms with van der Waals surface area (Å²) in [4.78, 5) is 2.38. The minimum atomic E-state index is -0.432. The summed E-state index contributed by atoms with van der Waals surface area (Å²) in [5.74, 6) is 2.62. The molecular weight excluding hydrogens is 378 g/mol. The van der Waals surface area contributed by atoms with Crippen molar-refractivity contribution in [2.75, 3.05) is 41.5 Å². The quantitative estimate of drug-likeness (QED) is 0.631. The number of methoxy groups -OCH3 is 3. The Bertz CT molecular complexity index is 806. The lowest BCUT2D eigenvalue weighted by atomic mass is 9.79. The first kappa shape index (κ1) is 22.4. The third-order valence-corrected chi connectivity index (χ3v) is 6.25. The Balaban J connectivity index is 1.47. The van der Waals surface area contributed by atoms with Crippen LogP contribution in [0, 0.1) is 5.92 Å². The van der Waals surface area contributed by atoms with Crippen LogP contribution < -0.4 is 14.2 Å². The van der Waals surface area contributed by atoms with Gasteiger partial charge in [0.05, 0.1) is 27.4 Å². The standard InChI is InChI=1S/C25H35NO4/c1-26(15-13-18-7-11-21(28-2)12-8-18)14-5-6-19-9-10-20-16-23(29-3)24(30-4)17-22(20)25(19)27/h7-8,11-12,16-17,19,25,27H,5-6,9-10,13-15H2,1-4H3. The third-order valence-electron chi connectivity index (χ3n) is 6.25. The van der Waals surface area contributed by atoms with Gasteiger partial charge in [-0.15, -0.1) is 0 Å². The second-order valence-corrected chi connectivity index (χ2v) is 8.19. The molecule has 0 spiro atoms. The van der Waals surface area contributed by atoms with Crippen LogP contribution in [-0.4, -0.2) is 51.5 Å². The van der Waals surface area contributed by atoms with Crippen molar-refractivity contribution >= 4 is 0 Å². The molecular formula is C25H35NO4. The van der Waals surface area contributed by atoms with Crippen LogP contribution >= 0.6 is 0 Å². The number of aliphatic hydroxyl groups is 1. The molecule has 2 aromatic carbocycles. The van der Waals surface area contributed by atoms with Crippen molar-refractivity contribution in [2.24, 2.45) is 5.92 Å². The van der Waals surface area contributed by atoms with Gasteiger partial charge in [0, 0.05) is 6.54 Å². The van der Waals surface area contributed by atoms with Crippen molar-refractivity contribution in [3.8, 4) is 17.2 Å². The highest BCUT2D eigenvalue weighted by molar-refractivity contribution is 5.49. The summed E-state index contributed by atoms with van der Waals surface area (Å²) in [6.07, 6.45) is 4.70. The second kappa shape index (κ2) is 10.7. The molecule has 0 aliphatic heterocycles. The van der Waals surface area contributed by atoms with Crippen LogP contribution in [0.25, 0.3) is 0 Å². The summed E-state index contributed by atoms with van der Waals surface area (Å²) in [5, 5.41) is 10.9. The number of ether oxygens (including phenoxy) is 3. The van der Waals surface area contributed by atoms with Crippen LogP contribution in [0.1, 0.15) is 42.1 Å². The molecule has 0 heterocycles. The molecule has 0 saturated carbocycles. The molecule has 0 fully saturated rings. The average Bonchev–Trinajstić information content (AvgIpc) is 2.78. The summed E-state index contributed by atoms with van der Waals surface area (Å²) in [7, 11) is 7.15. The number of likely N-dealkylation sites (N-methyl/N-ethyl adjacent to an activating group) is 1. The van der Waals surface area contributed by atoms with E-state index in [4.69, 9.17) is 14.2 Å². The minimum absolute atomic E-state index is 0.297. The lowest BCUT2D eigenvalue weighted by Crippen LogP contribution is -2.25. The zero-order valence-electron chi connectivity index (χ0n) is 18.7. The molecule has 0 radical (unpaired) electrons. The van der Waals surface area contributed by atoms with E-state index in [9.17, 15) is 5.11 Å². The molecule has 1 aliphatic carbocycles. The first-order valence-corrected chi connectivity index (χ1v) is 10.8. The van der Waals surface area contributed by atoms with Gasteiger partial charge in [-0.1, -0.05) is 12.1 Å². The Kier molecular flexibility index (Phi) is 8.00. The lowest BCUT2D eigenvalue weighted by Gasteiger charge is -2.31. The Morgan fingerprint density at radius 3 is 2.33 bits per heavy atom. The predicted octanol–water partition coefficient (Wildman–Crippen LogP) is 4.26. The molecule has 0 aromatic heterocycles. The minimum Gasteiger partial charge on any atom is -0.497 e. The number of hydrogen-bond donors (Lipinski definition) is 1. The summed E-state index contributed by atoms with van der Waals surface area (Å²) in [6, 6.07) is 12.3. The lowest BCUT2D eigenvalue weighted by molar-refractivity contribution is 0.0851. The summed E-state index contributed by atoms with van der Waals surface area (Å²) >= 11 is 0. The van der Waals surface area contributed by atoms with Gasteiger partial charge in [0.2, 0.25) is 0 Å². The van der Waals surface area contributed by atoms with Crippen LogP contribution in [0.5, 0.6) is 17.2 Å². The van der Waals surface area contributed by atoms with Crippen LogP contribution in [-0.2, 0) is 12.8 Å². The van der Waals surface area contributed by atoms with Gasteiger partial charge in [-0.2, -0.15) is 0 Å². The van der Waals surface area contributed by atoms with E-state index in [-0.39, 0.29) is 0 Å². The van der Waals surface area contributed by atoms with Crippen molar-refractivity contribution in [1.29, 1.82) is 0 Å². The highest BCUT2D eigenvalue weighted by Gasteiger charge is 2.29. The van der Waals surface area contributed by atoms with Crippen molar-refractivity contribution in [3.05, 3.63) is 53.1 Å². The molecule has 3 rings (SSSR count). The van der Waals surface area contributed by atoms with Gasteiger partial charge in [0.1, 0.15) is 5.75 Å². The number of aryl methyl sites for hydroxylation is 1. The fourth-order valence-electron chi connectivity index (χ4n) is 4.33. The van der Waals surface area contributed by atoms with Gasteiger partial charge in [0.15, 0.2) is 11.5 Å². The molecule has 5 heteroatoms. The molecule has 2 atom stereocenters. The zero-order valence-corrected chi connectivity index (χ0v) is 18.7. The van der Waals surface area contributed by atoms with Gasteiger partial charge in [0.25, 0.3) is 0 Å². The number of aliphatic hydroxyl groups excluding tert-OH is 1. The summed E-state index contributed by atoms with van der Waals surface area (Å²) < 4.78 is 16.0. The van der Waals surface area contributed by atoms with E-state index in [0.29, 0.717) is 11.7 Å². The maximum Gasteiger partial charge on any atom is 0.161 e. The van der Waals surface area contributed by atoms with Crippen molar-refractivity contribution in [2.45, 2.75) is 38.2 Å². The maximum absolute atomic E-state index is 10.9. The first-order valence-electron chi connectivity index (χ1n) is 10.8. The third kappa shape index (κ3) is 5.46. The van der Waals surface area contributed by atoms with E-state index in [1.807, 2.05) is 24.3 Å². The summed E-state index contributed by atoms with van der Waals surface area (Å²) in [6.45, 7) is 2.07. The molecule has 164 valence electrons. The van der Waals surface area contributed by atoms with Crippen LogP contribution in [0.3, 0.4) is 0 Å². The molecule has 0 amide bonds. The van der Waals surface area contributed by atoms with E-state index in [1.165, 1.54) is 11.1 Å². The Morgan fingerprint density at radius 2 is 1.67 bits per heavy atom. The monoisotopic (exact) mass is 413 g/mol. The number of hydrogen-bond acceptors (Lipinski definition) is 5. The van der Waals surface area contributed by atoms with Gasteiger partial charge in [-0.3, -0.25) is 0 Å². The molecule has 0 bridgehead atoms. The van der Waals surface area contributed by atoms with E-state index in [1.54, 1.807) is 21.3 Å². The largest absolute Gasteiger partial charge is 0.497 e. The average molecular weight is 414 g/mol. The van der Waals surface area contributed by atoms with Crippen molar-refractivity contribution in [3.63, 3.8) is 0 Å². The predicted molar refractivity (Wildman–Crippen MR) is 120 cm³/mol. The smallest absolute Gasteiger partial charge is 0.161 e. The first-order chi connectivity index (χ1) is 14.5. The molecule has 1 N–H and O–H groups in total. The maximum atomic E-state index is 10.9. The Hall–Kier alpha value is -2.24. The van der Waals surface area contributed by atoms with Crippen LogP contribution in [0.4, 0.5) is 0 Å². The number of fused-ring (bicyclic) bond motifs is 1. The molecule has 5 nitrogen and oxygen atoms in total. The SMILES string of the molecule is COc1ccc(CCN(C)CCCC2CCc3cc(OC)c(OC)cc3C2O)cc1. The highest BCUT2D eigenvalue weighted by atomic mass is 16.5. The molecule has 30 heavy (non-hydrogen) atoms. The molecule has 2 unspecified atom stereocenters. The normalized spacial score (nSPS) is 18.2. The molecule has 1 aliphatic rings. The zero-order chi connectivity index (χ0) is 21.5. The van der Waals surface area contributed by atoms with Gasteiger partial charge >= 0.3 is 0 Å².